The molecule has 1 unspecified atom stereocenters. The van der Waals surface area contributed by atoms with Gasteiger partial charge < -0.3 is 19.1 Å². The number of hydrogen-bond acceptors (Lipinski definition) is 8. The molecule has 2 aromatic rings. The molecule has 0 saturated carbocycles. The van der Waals surface area contributed by atoms with E-state index in [9.17, 15) is 9.59 Å². The number of thioether (sulfide) groups is 1. The van der Waals surface area contributed by atoms with Crippen molar-refractivity contribution in [3.05, 3.63) is 53.6 Å². The molecule has 0 aromatic heterocycles. The van der Waals surface area contributed by atoms with Crippen LogP contribution in [-0.4, -0.2) is 73.2 Å². The van der Waals surface area contributed by atoms with Crippen molar-refractivity contribution < 1.29 is 23.8 Å². The highest BCUT2D eigenvalue weighted by atomic mass is 32.2. The summed E-state index contributed by atoms with van der Waals surface area (Å²) >= 11 is 1.28. The molecule has 218 valence electrons. The molecule has 0 aliphatic carbocycles. The van der Waals surface area contributed by atoms with E-state index in [1.807, 2.05) is 44.2 Å². The zero-order valence-electron chi connectivity index (χ0n) is 24.3. The van der Waals surface area contributed by atoms with Gasteiger partial charge >= 0.3 is 11.3 Å². The van der Waals surface area contributed by atoms with Gasteiger partial charge in [0.15, 0.2) is 11.5 Å². The Morgan fingerprint density at radius 2 is 1.80 bits per heavy atom. The minimum absolute atomic E-state index is 0.0535. The second kappa shape index (κ2) is 16.1. The van der Waals surface area contributed by atoms with Crippen molar-refractivity contribution >= 4 is 34.5 Å². The van der Waals surface area contributed by atoms with Crippen LogP contribution in [0.2, 0.25) is 0 Å². The van der Waals surface area contributed by atoms with Crippen LogP contribution < -0.4 is 14.8 Å². The van der Waals surface area contributed by atoms with Crippen LogP contribution in [-0.2, 0) is 11.3 Å². The molecule has 1 heterocycles. The summed E-state index contributed by atoms with van der Waals surface area (Å²) in [5, 5.41) is 8.87. The molecule has 3 rings (SSSR count). The molecule has 2 aromatic carbocycles. The minimum atomic E-state index is -0.464. The summed E-state index contributed by atoms with van der Waals surface area (Å²) in [4.78, 5) is 27.2. The maximum absolute atomic E-state index is 12.9. The van der Waals surface area contributed by atoms with Crippen molar-refractivity contribution in [3.63, 3.8) is 0 Å². The van der Waals surface area contributed by atoms with Crippen molar-refractivity contribution in [2.75, 3.05) is 46.3 Å². The van der Waals surface area contributed by atoms with Crippen molar-refractivity contribution in [3.8, 4) is 11.5 Å². The molecule has 0 radical (unpaired) electrons. The third-order valence-corrected chi connectivity index (χ3v) is 7.64. The molecule has 0 bridgehead atoms. The van der Waals surface area contributed by atoms with E-state index >= 15 is 0 Å². The lowest BCUT2D eigenvalue weighted by molar-refractivity contribution is 0.159. The molecule has 9 nitrogen and oxygen atoms in total. The first-order valence-corrected chi connectivity index (χ1v) is 14.8. The molecule has 0 fully saturated rings. The molecule has 1 N–H and O–H groups in total. The van der Waals surface area contributed by atoms with E-state index < -0.39 is 6.09 Å². The number of methoxy groups -OCH3 is 1. The summed E-state index contributed by atoms with van der Waals surface area (Å²) in [6.07, 6.45) is 4.48. The van der Waals surface area contributed by atoms with E-state index in [0.717, 1.165) is 55.5 Å². The Balaban J connectivity index is 1.58. The SMILES string of the molecule is CCOc1cc(C2=NN(Cc3ccc(NC(=O)OCCCCCCN(C)C)cc3)C(=O)SC2CC)ccc1OC. The zero-order valence-corrected chi connectivity index (χ0v) is 25.1. The van der Waals surface area contributed by atoms with E-state index in [1.54, 1.807) is 19.2 Å². The second-order valence-corrected chi connectivity index (χ2v) is 11.0. The first-order chi connectivity index (χ1) is 19.3. The first kappa shape index (κ1) is 31.3. The van der Waals surface area contributed by atoms with E-state index in [2.05, 4.69) is 24.3 Å². The van der Waals surface area contributed by atoms with Crippen LogP contribution in [0.4, 0.5) is 15.3 Å². The normalized spacial score (nSPS) is 15.2. The van der Waals surface area contributed by atoms with Gasteiger partial charge in [0.2, 0.25) is 0 Å². The first-order valence-electron chi connectivity index (χ1n) is 13.9. The third-order valence-electron chi connectivity index (χ3n) is 6.38. The van der Waals surface area contributed by atoms with Crippen molar-refractivity contribution in [2.24, 2.45) is 5.10 Å². The number of nitrogens with zero attached hydrogens (tertiary/aromatic N) is 3. The monoisotopic (exact) mass is 570 g/mol. The van der Waals surface area contributed by atoms with E-state index in [1.165, 1.54) is 16.8 Å². The number of ether oxygens (including phenoxy) is 3. The number of nitrogens with one attached hydrogen (secondary N) is 1. The lowest BCUT2D eigenvalue weighted by Gasteiger charge is -2.28. The lowest BCUT2D eigenvalue weighted by Crippen LogP contribution is -2.34. The summed E-state index contributed by atoms with van der Waals surface area (Å²) in [6.45, 7) is 6.29. The molecule has 40 heavy (non-hydrogen) atoms. The van der Waals surface area contributed by atoms with Gasteiger partial charge in [-0.2, -0.15) is 5.10 Å². The third kappa shape index (κ3) is 9.45. The summed E-state index contributed by atoms with van der Waals surface area (Å²) in [5.74, 6) is 1.30. The average molecular weight is 571 g/mol. The fourth-order valence-electron chi connectivity index (χ4n) is 4.27. The predicted octanol–water partition coefficient (Wildman–Crippen LogP) is 6.62. The van der Waals surface area contributed by atoms with Gasteiger partial charge in [0, 0.05) is 11.3 Å². The molecule has 1 atom stereocenters. The van der Waals surface area contributed by atoms with Gasteiger partial charge in [0.25, 0.3) is 0 Å². The van der Waals surface area contributed by atoms with Crippen LogP contribution in [0.1, 0.15) is 57.1 Å². The Kier molecular flexibility index (Phi) is 12.6. The number of benzene rings is 2. The number of anilines is 1. The van der Waals surface area contributed by atoms with Gasteiger partial charge in [-0.25, -0.2) is 9.80 Å². The zero-order chi connectivity index (χ0) is 28.9. The molecule has 10 heteroatoms. The molecule has 2 amide bonds. The van der Waals surface area contributed by atoms with E-state index in [-0.39, 0.29) is 10.5 Å². The van der Waals surface area contributed by atoms with Crippen LogP contribution in [0.5, 0.6) is 11.5 Å². The highest BCUT2D eigenvalue weighted by Crippen LogP contribution is 2.34. The number of carbonyl (C=O) groups excluding carboxylic acids is 2. The molecule has 0 saturated heterocycles. The topological polar surface area (TPSA) is 92.7 Å². The second-order valence-electron chi connectivity index (χ2n) is 9.80. The molecule has 0 spiro atoms. The van der Waals surface area contributed by atoms with E-state index in [4.69, 9.17) is 19.3 Å². The van der Waals surface area contributed by atoms with E-state index in [0.29, 0.717) is 36.9 Å². The summed E-state index contributed by atoms with van der Waals surface area (Å²) in [6, 6.07) is 13.1. The Morgan fingerprint density at radius 1 is 1.05 bits per heavy atom. The van der Waals surface area contributed by atoms with Crippen LogP contribution in [0, 0.1) is 0 Å². The van der Waals surface area contributed by atoms with Gasteiger partial charge in [0.05, 0.1) is 37.8 Å². The Labute approximate surface area is 242 Å². The number of hydrogen-bond donors (Lipinski definition) is 1. The van der Waals surface area contributed by atoms with Crippen LogP contribution in [0.3, 0.4) is 0 Å². The van der Waals surface area contributed by atoms with Gasteiger partial charge in [-0.1, -0.05) is 43.7 Å². The van der Waals surface area contributed by atoms with Gasteiger partial charge in [0.1, 0.15) is 0 Å². The fourth-order valence-corrected chi connectivity index (χ4v) is 5.20. The number of carbonyl (C=O) groups is 2. The van der Waals surface area contributed by atoms with Crippen LogP contribution in [0.15, 0.2) is 47.6 Å². The van der Waals surface area contributed by atoms with Crippen molar-refractivity contribution in [1.29, 1.82) is 0 Å². The Morgan fingerprint density at radius 3 is 2.48 bits per heavy atom. The molecule has 1 aliphatic rings. The number of rotatable bonds is 15. The molecular weight excluding hydrogens is 528 g/mol. The smallest absolute Gasteiger partial charge is 0.411 e. The number of amides is 2. The quantitative estimate of drug-likeness (QED) is 0.241. The largest absolute Gasteiger partial charge is 0.493 e. The number of hydrazone groups is 1. The fraction of sp³-hybridized carbons (Fsp3) is 0.500. The van der Waals surface area contributed by atoms with Gasteiger partial charge in [-0.05, 0) is 82.7 Å². The Bertz CT molecular complexity index is 1140. The standard InChI is InChI=1S/C30H42N4O5S/c1-6-27-28(23-14-17-25(37-5)26(20-23)38-7-2)32-34(30(36)40-27)21-22-12-15-24(16-13-22)31-29(35)39-19-11-9-8-10-18-33(3)4/h12-17,20,27H,6-11,18-19,21H2,1-5H3,(H,31,35). The maximum Gasteiger partial charge on any atom is 0.411 e. The van der Waals surface area contributed by atoms with Crippen molar-refractivity contribution in [1.82, 2.24) is 9.91 Å². The average Bonchev–Trinajstić information content (AvgIpc) is 2.94. The van der Waals surface area contributed by atoms with Crippen molar-refractivity contribution in [2.45, 2.75) is 57.7 Å². The summed E-state index contributed by atoms with van der Waals surface area (Å²) in [7, 11) is 5.75. The molecular formula is C30H42N4O5S. The predicted molar refractivity (Wildman–Crippen MR) is 162 cm³/mol. The lowest BCUT2D eigenvalue weighted by atomic mass is 10.0. The highest BCUT2D eigenvalue weighted by Gasteiger charge is 2.30. The minimum Gasteiger partial charge on any atom is -0.493 e. The Hall–Kier alpha value is -3.24. The summed E-state index contributed by atoms with van der Waals surface area (Å²) in [5.41, 5.74) is 3.26. The van der Waals surface area contributed by atoms with Gasteiger partial charge in [-0.3, -0.25) is 10.1 Å². The maximum atomic E-state index is 12.9. The van der Waals surface area contributed by atoms with Crippen LogP contribution in [0.25, 0.3) is 0 Å². The molecule has 1 aliphatic heterocycles. The van der Waals surface area contributed by atoms with Crippen LogP contribution >= 0.6 is 11.8 Å². The number of unbranched alkanes of at least 4 members (excludes halogenated alkanes) is 3. The van der Waals surface area contributed by atoms with Gasteiger partial charge in [-0.15, -0.1) is 0 Å². The summed E-state index contributed by atoms with van der Waals surface area (Å²) < 4.78 is 16.5. The highest BCUT2D eigenvalue weighted by molar-refractivity contribution is 8.14.